The number of carbonyl (C=O) groups is 1. The largest absolute Gasteiger partial charge is 0.374 e. The predicted octanol–water partition coefficient (Wildman–Crippen LogP) is 2.17. The van der Waals surface area contributed by atoms with Gasteiger partial charge in [0.25, 0.3) is 0 Å². The van der Waals surface area contributed by atoms with Crippen molar-refractivity contribution < 1.29 is 9.53 Å². The number of rotatable bonds is 8. The van der Waals surface area contributed by atoms with Crippen molar-refractivity contribution in [1.82, 2.24) is 20.0 Å². The summed E-state index contributed by atoms with van der Waals surface area (Å²) in [6.07, 6.45) is 0.468. The Balaban J connectivity index is 1.84. The molecule has 1 fully saturated rings. The summed E-state index contributed by atoms with van der Waals surface area (Å²) in [6.45, 7) is 18.0. The molecule has 6 heteroatoms. The maximum absolute atomic E-state index is 12.4. The van der Waals surface area contributed by atoms with Crippen LogP contribution in [-0.2, 0) is 22.5 Å². The van der Waals surface area contributed by atoms with E-state index in [4.69, 9.17) is 4.74 Å². The van der Waals surface area contributed by atoms with Crippen LogP contribution in [0.1, 0.15) is 44.6 Å². The summed E-state index contributed by atoms with van der Waals surface area (Å²) in [6, 6.07) is 0. The van der Waals surface area contributed by atoms with Crippen molar-refractivity contribution in [3.05, 3.63) is 17.0 Å². The SMILES string of the molecule is Cc1nn(CC(C)C)c(C)c1CC(=O)NCC1CN(CC(C)C)CCO1. The second-order valence-corrected chi connectivity index (χ2v) is 8.35. The summed E-state index contributed by atoms with van der Waals surface area (Å²) in [4.78, 5) is 14.9. The molecular formula is C20H36N4O2. The van der Waals surface area contributed by atoms with E-state index >= 15 is 0 Å². The average molecular weight is 365 g/mol. The van der Waals surface area contributed by atoms with Gasteiger partial charge in [0.1, 0.15) is 0 Å². The molecule has 0 aromatic carbocycles. The zero-order valence-corrected chi connectivity index (χ0v) is 17.3. The molecule has 1 amide bonds. The lowest BCUT2D eigenvalue weighted by atomic mass is 10.1. The fourth-order valence-corrected chi connectivity index (χ4v) is 3.55. The van der Waals surface area contributed by atoms with E-state index in [2.05, 4.69) is 49.9 Å². The minimum atomic E-state index is 0.0462. The number of amides is 1. The Morgan fingerprint density at radius 2 is 1.92 bits per heavy atom. The highest BCUT2D eigenvalue weighted by molar-refractivity contribution is 5.79. The Labute approximate surface area is 158 Å². The van der Waals surface area contributed by atoms with Crippen molar-refractivity contribution in [3.63, 3.8) is 0 Å². The van der Waals surface area contributed by atoms with Crippen molar-refractivity contribution in [2.45, 2.75) is 60.6 Å². The van der Waals surface area contributed by atoms with Crippen molar-refractivity contribution in [3.8, 4) is 0 Å². The third-order valence-corrected chi connectivity index (χ3v) is 4.78. The second kappa shape index (κ2) is 9.51. The molecule has 6 nitrogen and oxygen atoms in total. The number of aromatic nitrogens is 2. The molecule has 0 spiro atoms. The normalized spacial score (nSPS) is 18.7. The Kier molecular flexibility index (Phi) is 7.65. The van der Waals surface area contributed by atoms with Gasteiger partial charge in [0, 0.05) is 44.0 Å². The number of aryl methyl sites for hydroxylation is 1. The van der Waals surface area contributed by atoms with Crippen LogP contribution in [-0.4, -0.2) is 59.5 Å². The monoisotopic (exact) mass is 364 g/mol. The van der Waals surface area contributed by atoms with Crippen LogP contribution in [0.4, 0.5) is 0 Å². The van der Waals surface area contributed by atoms with Gasteiger partial charge in [-0.05, 0) is 25.7 Å². The van der Waals surface area contributed by atoms with Crippen molar-refractivity contribution in [2.75, 3.05) is 32.8 Å². The summed E-state index contributed by atoms with van der Waals surface area (Å²) in [5.74, 6) is 1.23. The lowest BCUT2D eigenvalue weighted by Gasteiger charge is -2.33. The molecule has 0 bridgehead atoms. The Morgan fingerprint density at radius 1 is 1.23 bits per heavy atom. The van der Waals surface area contributed by atoms with Crippen LogP contribution < -0.4 is 5.32 Å². The number of morpholine rings is 1. The number of hydrogen-bond donors (Lipinski definition) is 1. The van der Waals surface area contributed by atoms with Crippen LogP contribution in [0.2, 0.25) is 0 Å². The number of nitrogens with one attached hydrogen (secondary N) is 1. The van der Waals surface area contributed by atoms with E-state index in [1.54, 1.807) is 0 Å². The van der Waals surface area contributed by atoms with Gasteiger partial charge in [-0.3, -0.25) is 14.4 Å². The molecule has 1 saturated heterocycles. The highest BCUT2D eigenvalue weighted by Crippen LogP contribution is 2.15. The molecule has 2 rings (SSSR count). The zero-order valence-electron chi connectivity index (χ0n) is 17.3. The van der Waals surface area contributed by atoms with E-state index in [0.717, 1.165) is 49.7 Å². The van der Waals surface area contributed by atoms with Crippen LogP contribution in [0.3, 0.4) is 0 Å². The van der Waals surface area contributed by atoms with Crippen LogP contribution in [0.15, 0.2) is 0 Å². The molecule has 0 saturated carbocycles. The molecule has 0 aliphatic carbocycles. The standard InChI is InChI=1S/C20H36N4O2/c1-14(2)11-23-7-8-26-18(13-23)10-21-20(25)9-19-16(5)22-24(17(19)6)12-15(3)4/h14-15,18H,7-13H2,1-6H3,(H,21,25). The summed E-state index contributed by atoms with van der Waals surface area (Å²) in [7, 11) is 0. The molecule has 1 atom stereocenters. The summed E-state index contributed by atoms with van der Waals surface area (Å²) < 4.78 is 7.84. The van der Waals surface area contributed by atoms with Crippen LogP contribution in [0.5, 0.6) is 0 Å². The van der Waals surface area contributed by atoms with Gasteiger partial charge in [-0.2, -0.15) is 5.10 Å². The van der Waals surface area contributed by atoms with Gasteiger partial charge >= 0.3 is 0 Å². The molecular weight excluding hydrogens is 328 g/mol. The molecule has 1 aliphatic rings. The van der Waals surface area contributed by atoms with E-state index in [9.17, 15) is 4.79 Å². The topological polar surface area (TPSA) is 59.4 Å². The van der Waals surface area contributed by atoms with Crippen molar-refractivity contribution in [1.29, 1.82) is 0 Å². The smallest absolute Gasteiger partial charge is 0.224 e. The second-order valence-electron chi connectivity index (χ2n) is 8.35. The van der Waals surface area contributed by atoms with Crippen molar-refractivity contribution in [2.24, 2.45) is 11.8 Å². The predicted molar refractivity (Wildman–Crippen MR) is 104 cm³/mol. The van der Waals surface area contributed by atoms with Gasteiger partial charge in [-0.1, -0.05) is 27.7 Å². The summed E-state index contributed by atoms with van der Waals surface area (Å²) >= 11 is 0. The number of hydrogen-bond acceptors (Lipinski definition) is 4. The van der Waals surface area contributed by atoms with E-state index in [0.29, 0.717) is 24.8 Å². The molecule has 1 N–H and O–H groups in total. The van der Waals surface area contributed by atoms with Gasteiger partial charge in [0.15, 0.2) is 0 Å². The summed E-state index contributed by atoms with van der Waals surface area (Å²) in [5.41, 5.74) is 3.10. The van der Waals surface area contributed by atoms with Gasteiger partial charge in [-0.25, -0.2) is 0 Å². The highest BCUT2D eigenvalue weighted by Gasteiger charge is 2.22. The van der Waals surface area contributed by atoms with E-state index < -0.39 is 0 Å². The number of nitrogens with zero attached hydrogens (tertiary/aromatic N) is 3. The highest BCUT2D eigenvalue weighted by atomic mass is 16.5. The lowest BCUT2D eigenvalue weighted by Crippen LogP contribution is -2.48. The fraction of sp³-hybridized carbons (Fsp3) is 0.800. The van der Waals surface area contributed by atoms with E-state index in [1.807, 2.05) is 11.6 Å². The van der Waals surface area contributed by atoms with E-state index in [-0.39, 0.29) is 12.0 Å². The van der Waals surface area contributed by atoms with Gasteiger partial charge in [0.2, 0.25) is 5.91 Å². The number of ether oxygens (including phenoxy) is 1. The minimum absolute atomic E-state index is 0.0462. The lowest BCUT2D eigenvalue weighted by molar-refractivity contribution is -0.121. The maximum Gasteiger partial charge on any atom is 0.224 e. The average Bonchev–Trinajstić information content (AvgIpc) is 2.79. The van der Waals surface area contributed by atoms with E-state index in [1.165, 1.54) is 0 Å². The quantitative estimate of drug-likeness (QED) is 0.768. The molecule has 1 aromatic heterocycles. The first-order valence-electron chi connectivity index (χ1n) is 9.89. The third-order valence-electron chi connectivity index (χ3n) is 4.78. The van der Waals surface area contributed by atoms with Crippen LogP contribution >= 0.6 is 0 Å². The Morgan fingerprint density at radius 3 is 2.58 bits per heavy atom. The minimum Gasteiger partial charge on any atom is -0.374 e. The van der Waals surface area contributed by atoms with Gasteiger partial charge in [0.05, 0.1) is 24.8 Å². The third kappa shape index (κ3) is 6.09. The van der Waals surface area contributed by atoms with Gasteiger partial charge < -0.3 is 10.1 Å². The molecule has 26 heavy (non-hydrogen) atoms. The maximum atomic E-state index is 12.4. The summed E-state index contributed by atoms with van der Waals surface area (Å²) in [5, 5.41) is 7.65. The Bertz CT molecular complexity index is 595. The fourth-order valence-electron chi connectivity index (χ4n) is 3.55. The van der Waals surface area contributed by atoms with Crippen LogP contribution in [0.25, 0.3) is 0 Å². The first kappa shape index (κ1) is 20.9. The number of carbonyl (C=O) groups excluding carboxylic acids is 1. The Hall–Kier alpha value is -1.40. The molecule has 1 aromatic rings. The van der Waals surface area contributed by atoms with Crippen LogP contribution in [0, 0.1) is 25.7 Å². The molecule has 0 radical (unpaired) electrons. The molecule has 1 aliphatic heterocycles. The molecule has 1 unspecified atom stereocenters. The van der Waals surface area contributed by atoms with Crippen molar-refractivity contribution >= 4 is 5.91 Å². The zero-order chi connectivity index (χ0) is 19.3. The first-order chi connectivity index (χ1) is 12.3. The molecule has 148 valence electrons. The van der Waals surface area contributed by atoms with Gasteiger partial charge in [-0.15, -0.1) is 0 Å². The first-order valence-corrected chi connectivity index (χ1v) is 9.89. The molecule has 2 heterocycles.